The van der Waals surface area contributed by atoms with E-state index < -0.39 is 11.7 Å². The molecule has 180 valence electrons. The number of amides is 2. The molecule has 3 saturated heterocycles. The van der Waals surface area contributed by atoms with Gasteiger partial charge in [-0.05, 0) is 30.3 Å². The molecule has 0 aromatic heterocycles. The van der Waals surface area contributed by atoms with Gasteiger partial charge in [0.25, 0.3) is 0 Å². The van der Waals surface area contributed by atoms with Crippen LogP contribution < -0.4 is 20.0 Å². The summed E-state index contributed by atoms with van der Waals surface area (Å²) in [5.41, 5.74) is 2.95. The Morgan fingerprint density at radius 1 is 0.912 bits per heavy atom. The van der Waals surface area contributed by atoms with Crippen molar-refractivity contribution in [2.75, 3.05) is 79.2 Å². The summed E-state index contributed by atoms with van der Waals surface area (Å²) < 4.78 is 25.2. The highest BCUT2D eigenvalue weighted by atomic mass is 19.1. The summed E-state index contributed by atoms with van der Waals surface area (Å²) in [7, 11) is 0. The number of hydrogen-bond acceptors (Lipinski definition) is 6. The van der Waals surface area contributed by atoms with E-state index in [9.17, 15) is 14.0 Å². The van der Waals surface area contributed by atoms with Gasteiger partial charge in [-0.15, -0.1) is 0 Å². The highest BCUT2D eigenvalue weighted by molar-refractivity contribution is 6.04. The first-order valence-corrected chi connectivity index (χ1v) is 11.8. The van der Waals surface area contributed by atoms with Gasteiger partial charge in [-0.25, -0.2) is 4.39 Å². The van der Waals surface area contributed by atoms with Gasteiger partial charge in [0.05, 0.1) is 49.4 Å². The van der Waals surface area contributed by atoms with Gasteiger partial charge in [-0.3, -0.25) is 9.59 Å². The number of para-hydroxylation sites is 1. The minimum atomic E-state index is -0.552. The molecule has 1 atom stereocenters. The maximum absolute atomic E-state index is 14.2. The van der Waals surface area contributed by atoms with Crippen LogP contribution in [0.4, 0.5) is 27.1 Å². The van der Waals surface area contributed by atoms with Crippen LogP contribution in [0.3, 0.4) is 0 Å². The molecule has 5 rings (SSSR count). The van der Waals surface area contributed by atoms with E-state index >= 15 is 0 Å². The van der Waals surface area contributed by atoms with Crippen molar-refractivity contribution < 1.29 is 23.5 Å². The summed E-state index contributed by atoms with van der Waals surface area (Å²) in [5, 5.41) is 3.05. The first-order chi connectivity index (χ1) is 16.6. The van der Waals surface area contributed by atoms with Crippen molar-refractivity contribution in [2.45, 2.75) is 6.42 Å². The third-order valence-electron chi connectivity index (χ3n) is 6.61. The van der Waals surface area contributed by atoms with Crippen molar-refractivity contribution in [2.24, 2.45) is 5.92 Å². The van der Waals surface area contributed by atoms with E-state index in [-0.39, 0.29) is 30.5 Å². The number of benzene rings is 2. The largest absolute Gasteiger partial charge is 0.378 e. The number of anilines is 4. The Morgan fingerprint density at radius 3 is 2.29 bits per heavy atom. The van der Waals surface area contributed by atoms with Gasteiger partial charge in [-0.2, -0.15) is 0 Å². The number of nitrogens with zero attached hydrogens (tertiary/aromatic N) is 3. The summed E-state index contributed by atoms with van der Waals surface area (Å²) in [4.78, 5) is 31.6. The maximum Gasteiger partial charge on any atom is 0.229 e. The minimum Gasteiger partial charge on any atom is -0.378 e. The van der Waals surface area contributed by atoms with Crippen molar-refractivity contribution >= 4 is 34.6 Å². The fourth-order valence-corrected chi connectivity index (χ4v) is 4.73. The predicted molar refractivity (Wildman–Crippen MR) is 128 cm³/mol. The smallest absolute Gasteiger partial charge is 0.229 e. The zero-order chi connectivity index (χ0) is 23.5. The van der Waals surface area contributed by atoms with Crippen LogP contribution in [0.1, 0.15) is 6.42 Å². The van der Waals surface area contributed by atoms with Gasteiger partial charge in [0.15, 0.2) is 0 Å². The molecule has 3 fully saturated rings. The summed E-state index contributed by atoms with van der Waals surface area (Å²) in [5.74, 6) is -1.50. The van der Waals surface area contributed by atoms with Crippen LogP contribution in [-0.4, -0.2) is 71.0 Å². The van der Waals surface area contributed by atoms with Crippen LogP contribution in [0, 0.1) is 11.7 Å². The van der Waals surface area contributed by atoms with Gasteiger partial charge in [0.2, 0.25) is 11.8 Å². The normalized spacial score (nSPS) is 21.1. The van der Waals surface area contributed by atoms with Gasteiger partial charge in [0, 0.05) is 44.8 Å². The Labute approximate surface area is 198 Å². The second kappa shape index (κ2) is 9.99. The molecule has 2 amide bonds. The fourth-order valence-electron chi connectivity index (χ4n) is 4.73. The average Bonchev–Trinajstić information content (AvgIpc) is 3.27. The molecule has 0 bridgehead atoms. The van der Waals surface area contributed by atoms with Gasteiger partial charge in [0.1, 0.15) is 5.82 Å². The zero-order valence-corrected chi connectivity index (χ0v) is 19.0. The Bertz CT molecular complexity index is 1050. The van der Waals surface area contributed by atoms with E-state index in [1.54, 1.807) is 18.2 Å². The average molecular weight is 469 g/mol. The number of hydrogen-bond donors (Lipinski definition) is 1. The molecule has 0 aliphatic carbocycles. The Morgan fingerprint density at radius 2 is 1.59 bits per heavy atom. The van der Waals surface area contributed by atoms with Gasteiger partial charge < -0.3 is 29.5 Å². The molecule has 2 aromatic carbocycles. The van der Waals surface area contributed by atoms with E-state index in [0.29, 0.717) is 32.1 Å². The Kier molecular flexibility index (Phi) is 6.64. The topological polar surface area (TPSA) is 74.4 Å². The second-order valence-electron chi connectivity index (χ2n) is 8.75. The summed E-state index contributed by atoms with van der Waals surface area (Å²) in [6.45, 7) is 5.92. The van der Waals surface area contributed by atoms with Crippen LogP contribution in [0.25, 0.3) is 0 Å². The van der Waals surface area contributed by atoms with Crippen LogP contribution in [0.15, 0.2) is 42.5 Å². The van der Waals surface area contributed by atoms with Crippen LogP contribution in [0.2, 0.25) is 0 Å². The second-order valence-corrected chi connectivity index (χ2v) is 8.75. The predicted octanol–water partition coefficient (Wildman–Crippen LogP) is 2.49. The lowest BCUT2D eigenvalue weighted by molar-refractivity contribution is -0.122. The standard InChI is InChI=1S/C25H29FN4O4/c26-20-3-1-2-4-22(20)30-17-18(15-24(30)31)25(32)27-21-6-5-19(28-7-11-33-12-8-28)16-23(21)29-9-13-34-14-10-29/h1-6,16,18H,7-15,17H2,(H,27,32). The van der Waals surface area contributed by atoms with Crippen LogP contribution in [-0.2, 0) is 19.1 Å². The number of ether oxygens (including phenoxy) is 2. The molecule has 0 spiro atoms. The lowest BCUT2D eigenvalue weighted by Crippen LogP contribution is -2.38. The van der Waals surface area contributed by atoms with Gasteiger partial charge >= 0.3 is 0 Å². The first-order valence-electron chi connectivity index (χ1n) is 11.8. The SMILES string of the molecule is O=C(Nc1ccc(N2CCOCC2)cc1N1CCOCC1)C1CC(=O)N(c2ccccc2F)C1. The lowest BCUT2D eigenvalue weighted by atomic mass is 10.1. The number of rotatable bonds is 5. The molecular formula is C25H29FN4O4. The molecule has 1 unspecified atom stereocenters. The van der Waals surface area contributed by atoms with Gasteiger partial charge in [-0.1, -0.05) is 12.1 Å². The monoisotopic (exact) mass is 468 g/mol. The maximum atomic E-state index is 14.2. The third kappa shape index (κ3) is 4.71. The highest BCUT2D eigenvalue weighted by Crippen LogP contribution is 2.34. The number of carbonyl (C=O) groups excluding carboxylic acids is 2. The fraction of sp³-hybridized carbons (Fsp3) is 0.440. The van der Waals surface area contributed by atoms with E-state index in [2.05, 4.69) is 21.2 Å². The van der Waals surface area contributed by atoms with Crippen molar-refractivity contribution in [3.8, 4) is 0 Å². The molecule has 1 N–H and O–H groups in total. The van der Waals surface area contributed by atoms with Crippen LogP contribution >= 0.6 is 0 Å². The molecule has 3 aliphatic heterocycles. The number of morpholine rings is 2. The lowest BCUT2D eigenvalue weighted by Gasteiger charge is -2.33. The molecule has 2 aromatic rings. The van der Waals surface area contributed by atoms with Crippen molar-refractivity contribution in [3.05, 3.63) is 48.3 Å². The van der Waals surface area contributed by atoms with Crippen LogP contribution in [0.5, 0.6) is 0 Å². The first kappa shape index (κ1) is 22.6. The quantitative estimate of drug-likeness (QED) is 0.727. The molecule has 9 heteroatoms. The Balaban J connectivity index is 1.35. The van der Waals surface area contributed by atoms with E-state index in [1.807, 2.05) is 12.1 Å². The zero-order valence-electron chi connectivity index (χ0n) is 19.0. The third-order valence-corrected chi connectivity index (χ3v) is 6.61. The molecule has 0 radical (unpaired) electrons. The molecule has 8 nitrogen and oxygen atoms in total. The summed E-state index contributed by atoms with van der Waals surface area (Å²) in [6.07, 6.45) is 0.0545. The summed E-state index contributed by atoms with van der Waals surface area (Å²) >= 11 is 0. The Hall–Kier alpha value is -3.17. The van der Waals surface area contributed by atoms with E-state index in [1.165, 1.54) is 11.0 Å². The number of carbonyl (C=O) groups is 2. The van der Waals surface area contributed by atoms with Crippen molar-refractivity contribution in [3.63, 3.8) is 0 Å². The van der Waals surface area contributed by atoms with Crippen molar-refractivity contribution in [1.29, 1.82) is 0 Å². The number of nitrogens with one attached hydrogen (secondary N) is 1. The molecule has 3 aliphatic rings. The summed E-state index contributed by atoms with van der Waals surface area (Å²) in [6, 6.07) is 12.2. The van der Waals surface area contributed by atoms with E-state index in [4.69, 9.17) is 9.47 Å². The molecule has 34 heavy (non-hydrogen) atoms. The molecular weight excluding hydrogens is 439 g/mol. The molecule has 0 saturated carbocycles. The van der Waals surface area contributed by atoms with E-state index in [0.717, 1.165) is 37.6 Å². The highest BCUT2D eigenvalue weighted by Gasteiger charge is 2.36. The minimum absolute atomic E-state index is 0.0545. The molecule has 3 heterocycles. The van der Waals surface area contributed by atoms with Crippen molar-refractivity contribution in [1.82, 2.24) is 0 Å². The number of halogens is 1.